The van der Waals surface area contributed by atoms with Crippen molar-refractivity contribution in [3.63, 3.8) is 0 Å². The number of ether oxygens (including phenoxy) is 1. The predicted octanol–water partition coefficient (Wildman–Crippen LogP) is 2.13. The molecule has 0 aliphatic heterocycles. The Balaban J connectivity index is 2.47. The Kier molecular flexibility index (Phi) is 8.23. The van der Waals surface area contributed by atoms with E-state index in [0.29, 0.717) is 6.54 Å². The van der Waals surface area contributed by atoms with Gasteiger partial charge in [0, 0.05) is 6.54 Å². The number of esters is 1. The lowest BCUT2D eigenvalue weighted by atomic mass is 10.2. The zero-order valence-corrected chi connectivity index (χ0v) is 14.6. The van der Waals surface area contributed by atoms with Crippen molar-refractivity contribution in [2.24, 2.45) is 0 Å². The summed E-state index contributed by atoms with van der Waals surface area (Å²) in [5, 5.41) is 0. The molecule has 1 heterocycles. The van der Waals surface area contributed by atoms with E-state index in [2.05, 4.69) is 20.7 Å². The maximum absolute atomic E-state index is 12.1. The first-order valence-electron chi connectivity index (χ1n) is 6.53. The molecular weight excluding hydrogens is 332 g/mol. The summed E-state index contributed by atoms with van der Waals surface area (Å²) in [5.41, 5.74) is 1.17. The van der Waals surface area contributed by atoms with Crippen LogP contribution in [0, 0.1) is 0 Å². The van der Waals surface area contributed by atoms with Crippen LogP contribution in [0.25, 0.3) is 0 Å². The summed E-state index contributed by atoms with van der Waals surface area (Å²) in [6, 6.07) is 0. The molecule has 0 spiro atoms. The van der Waals surface area contributed by atoms with Crippen LogP contribution in [0.3, 0.4) is 0 Å². The minimum atomic E-state index is -3.70. The number of carbonyl (C=O) groups excluding carboxylic acids is 1. The quantitative estimate of drug-likeness (QED) is 0.513. The van der Waals surface area contributed by atoms with Gasteiger partial charge in [-0.25, -0.2) is 22.9 Å². The number of nitrogens with zero attached hydrogens (tertiary/aromatic N) is 1. The minimum absolute atomic E-state index is 0.0864. The molecule has 0 saturated carbocycles. The monoisotopic (exact) mass is 352 g/mol. The van der Waals surface area contributed by atoms with Gasteiger partial charge >= 0.3 is 5.97 Å². The van der Waals surface area contributed by atoms with Gasteiger partial charge in [-0.15, -0.1) is 11.3 Å². The molecule has 6 nitrogen and oxygen atoms in total. The molecule has 21 heavy (non-hydrogen) atoms. The third-order valence-corrected chi connectivity index (χ3v) is 6.25. The maximum atomic E-state index is 12.1. The van der Waals surface area contributed by atoms with E-state index in [1.54, 1.807) is 0 Å². The molecule has 0 atom stereocenters. The average molecular weight is 353 g/mol. The Morgan fingerprint density at radius 2 is 2.10 bits per heavy atom. The van der Waals surface area contributed by atoms with Crippen molar-refractivity contribution >= 4 is 39.1 Å². The van der Waals surface area contributed by atoms with Gasteiger partial charge in [0.2, 0.25) is 0 Å². The number of sulfonamides is 1. The highest BCUT2D eigenvalue weighted by molar-refractivity contribution is 7.98. The van der Waals surface area contributed by atoms with E-state index in [-0.39, 0.29) is 9.90 Å². The van der Waals surface area contributed by atoms with Crippen molar-refractivity contribution in [2.75, 3.05) is 25.7 Å². The van der Waals surface area contributed by atoms with Crippen LogP contribution in [0.1, 0.15) is 36.2 Å². The Hall–Kier alpha value is -0.640. The van der Waals surface area contributed by atoms with Crippen molar-refractivity contribution in [1.82, 2.24) is 9.71 Å². The Bertz CT molecular complexity index is 542. The van der Waals surface area contributed by atoms with Gasteiger partial charge in [0.15, 0.2) is 9.90 Å². The second-order valence-electron chi connectivity index (χ2n) is 4.28. The molecule has 0 aliphatic carbocycles. The first-order valence-corrected chi connectivity index (χ1v) is 10.3. The molecule has 0 unspecified atom stereocenters. The second-order valence-corrected chi connectivity index (χ2v) is 8.09. The van der Waals surface area contributed by atoms with Crippen LogP contribution in [0.5, 0.6) is 0 Å². The smallest absolute Gasteiger partial charge is 0.358 e. The maximum Gasteiger partial charge on any atom is 0.358 e. The number of hydrogen-bond acceptors (Lipinski definition) is 7. The molecule has 0 aliphatic rings. The topological polar surface area (TPSA) is 85.4 Å². The molecule has 1 N–H and O–H groups in total. The standard InChI is InChI=1S/C12H20N2O4S3/c1-18-11(15)10-12(20-9-13-10)21(16,17)14-7-5-3-4-6-8-19-2/h9,14H,3-8H2,1-2H3. The summed E-state index contributed by atoms with van der Waals surface area (Å²) in [6.45, 7) is 0.361. The van der Waals surface area contributed by atoms with Crippen molar-refractivity contribution < 1.29 is 17.9 Å². The van der Waals surface area contributed by atoms with E-state index in [1.807, 2.05) is 11.8 Å². The zero-order valence-electron chi connectivity index (χ0n) is 12.1. The highest BCUT2D eigenvalue weighted by Crippen LogP contribution is 2.20. The van der Waals surface area contributed by atoms with Crippen molar-refractivity contribution in [3.8, 4) is 0 Å². The SMILES string of the molecule is COC(=O)c1ncsc1S(=O)(=O)NCCCCCCSC. The van der Waals surface area contributed by atoms with Crippen LogP contribution >= 0.6 is 23.1 Å². The van der Waals surface area contributed by atoms with Crippen LogP contribution in [0.2, 0.25) is 0 Å². The summed E-state index contributed by atoms with van der Waals surface area (Å²) in [5.74, 6) is 0.392. The van der Waals surface area contributed by atoms with Crippen molar-refractivity contribution in [1.29, 1.82) is 0 Å². The van der Waals surface area contributed by atoms with Gasteiger partial charge in [-0.05, 0) is 24.9 Å². The van der Waals surface area contributed by atoms with Crippen LogP contribution < -0.4 is 4.72 Å². The zero-order chi connectivity index (χ0) is 15.7. The van der Waals surface area contributed by atoms with E-state index in [1.165, 1.54) is 12.6 Å². The predicted molar refractivity (Wildman–Crippen MR) is 85.5 cm³/mol. The minimum Gasteiger partial charge on any atom is -0.464 e. The molecule has 0 aromatic carbocycles. The molecule has 120 valence electrons. The fourth-order valence-corrected chi connectivity index (χ4v) is 4.40. The van der Waals surface area contributed by atoms with Gasteiger partial charge in [-0.2, -0.15) is 11.8 Å². The van der Waals surface area contributed by atoms with E-state index in [4.69, 9.17) is 0 Å². The lowest BCUT2D eigenvalue weighted by Crippen LogP contribution is -2.25. The van der Waals surface area contributed by atoms with Crippen LogP contribution in [0.4, 0.5) is 0 Å². The lowest BCUT2D eigenvalue weighted by molar-refractivity contribution is 0.0590. The number of unbranched alkanes of at least 4 members (excludes halogenated alkanes) is 3. The van der Waals surface area contributed by atoms with Gasteiger partial charge in [0.05, 0.1) is 12.6 Å². The Labute approximate surface area is 133 Å². The average Bonchev–Trinajstić information content (AvgIpc) is 2.95. The molecule has 9 heteroatoms. The number of aromatic nitrogens is 1. The van der Waals surface area contributed by atoms with Crippen LogP contribution in [-0.2, 0) is 14.8 Å². The summed E-state index contributed by atoms with van der Waals surface area (Å²) < 4.78 is 31.2. The molecule has 0 amide bonds. The van der Waals surface area contributed by atoms with E-state index < -0.39 is 16.0 Å². The summed E-state index contributed by atoms with van der Waals surface area (Å²) in [7, 11) is -2.50. The van der Waals surface area contributed by atoms with Crippen molar-refractivity contribution in [2.45, 2.75) is 29.9 Å². The number of thiazole rings is 1. The molecule has 0 bridgehead atoms. The first kappa shape index (κ1) is 18.4. The molecule has 0 saturated heterocycles. The van der Waals surface area contributed by atoms with E-state index in [9.17, 15) is 13.2 Å². The normalized spacial score (nSPS) is 11.5. The molecule has 0 fully saturated rings. The summed E-state index contributed by atoms with van der Waals surface area (Å²) in [4.78, 5) is 15.2. The molecule has 0 radical (unpaired) electrons. The van der Waals surface area contributed by atoms with Gasteiger partial charge < -0.3 is 4.74 Å². The largest absolute Gasteiger partial charge is 0.464 e. The number of methoxy groups -OCH3 is 1. The Morgan fingerprint density at radius 1 is 1.38 bits per heavy atom. The summed E-state index contributed by atoms with van der Waals surface area (Å²) >= 11 is 2.72. The number of carbonyl (C=O) groups is 1. The van der Waals surface area contributed by atoms with Gasteiger partial charge in [-0.1, -0.05) is 12.8 Å². The Morgan fingerprint density at radius 3 is 2.76 bits per heavy atom. The molecule has 1 aromatic rings. The third kappa shape index (κ3) is 5.93. The van der Waals surface area contributed by atoms with Gasteiger partial charge in [0.25, 0.3) is 10.0 Å². The number of hydrogen-bond donors (Lipinski definition) is 1. The van der Waals surface area contributed by atoms with Gasteiger partial charge in [-0.3, -0.25) is 0 Å². The fourth-order valence-electron chi connectivity index (χ4n) is 1.66. The highest BCUT2D eigenvalue weighted by Gasteiger charge is 2.25. The van der Waals surface area contributed by atoms with E-state index >= 15 is 0 Å². The van der Waals surface area contributed by atoms with Gasteiger partial charge in [0.1, 0.15) is 0 Å². The number of rotatable bonds is 10. The fraction of sp³-hybridized carbons (Fsp3) is 0.667. The van der Waals surface area contributed by atoms with Crippen molar-refractivity contribution in [3.05, 3.63) is 11.2 Å². The first-order chi connectivity index (χ1) is 10.0. The molecule has 1 aromatic heterocycles. The third-order valence-electron chi connectivity index (χ3n) is 2.73. The number of thioether (sulfide) groups is 1. The van der Waals surface area contributed by atoms with Crippen LogP contribution in [-0.4, -0.2) is 45.0 Å². The number of nitrogens with one attached hydrogen (secondary N) is 1. The second kappa shape index (κ2) is 9.39. The van der Waals surface area contributed by atoms with E-state index in [0.717, 1.165) is 42.8 Å². The summed E-state index contributed by atoms with van der Waals surface area (Å²) in [6.07, 6.45) is 6.07. The van der Waals surface area contributed by atoms with Crippen LogP contribution in [0.15, 0.2) is 9.72 Å². The lowest BCUT2D eigenvalue weighted by Gasteiger charge is -2.06. The molecule has 1 rings (SSSR count). The molecular formula is C12H20N2O4S3. The highest BCUT2D eigenvalue weighted by atomic mass is 32.2.